The van der Waals surface area contributed by atoms with Gasteiger partial charge in [0.2, 0.25) is 0 Å². The fourth-order valence-corrected chi connectivity index (χ4v) is 2.50. The lowest BCUT2D eigenvalue weighted by atomic mass is 9.99. The van der Waals surface area contributed by atoms with Crippen molar-refractivity contribution in [1.29, 1.82) is 0 Å². The van der Waals surface area contributed by atoms with E-state index in [1.165, 1.54) is 6.42 Å². The minimum atomic E-state index is 0.388. The highest BCUT2D eigenvalue weighted by Gasteiger charge is 2.31. The maximum Gasteiger partial charge on any atom is 0.0703 e. The van der Waals surface area contributed by atoms with Gasteiger partial charge in [0.05, 0.1) is 6.10 Å². The molecule has 1 fully saturated rings. The van der Waals surface area contributed by atoms with E-state index >= 15 is 0 Å². The zero-order chi connectivity index (χ0) is 12.1. The average molecular weight is 228 g/mol. The fourth-order valence-electron chi connectivity index (χ4n) is 2.50. The van der Waals surface area contributed by atoms with Gasteiger partial charge in [-0.1, -0.05) is 13.8 Å². The molecule has 4 unspecified atom stereocenters. The number of hydrogen-bond donors (Lipinski definition) is 1. The molecule has 0 spiro atoms. The largest absolute Gasteiger partial charge is 0.377 e. The molecule has 1 aliphatic rings. The maximum atomic E-state index is 5.64. The van der Waals surface area contributed by atoms with E-state index in [0.29, 0.717) is 24.1 Å². The Morgan fingerprint density at radius 3 is 2.62 bits per heavy atom. The Morgan fingerprint density at radius 2 is 2.12 bits per heavy atom. The second kappa shape index (κ2) is 6.58. The third-order valence-electron chi connectivity index (χ3n) is 4.04. The highest BCUT2D eigenvalue weighted by Crippen LogP contribution is 2.22. The van der Waals surface area contributed by atoms with Crippen molar-refractivity contribution in [3.63, 3.8) is 0 Å². The van der Waals surface area contributed by atoms with Crippen molar-refractivity contribution in [2.75, 3.05) is 26.7 Å². The van der Waals surface area contributed by atoms with Crippen LogP contribution in [0.2, 0.25) is 0 Å². The first-order chi connectivity index (χ1) is 7.57. The van der Waals surface area contributed by atoms with Gasteiger partial charge in [-0.3, -0.25) is 4.90 Å². The lowest BCUT2D eigenvalue weighted by molar-refractivity contribution is 0.0594. The lowest BCUT2D eigenvalue weighted by Gasteiger charge is -2.35. The smallest absolute Gasteiger partial charge is 0.0703 e. The van der Waals surface area contributed by atoms with Gasteiger partial charge in [-0.05, 0) is 46.3 Å². The molecule has 0 aromatic heterocycles. The number of hydrogen-bond acceptors (Lipinski definition) is 3. The van der Waals surface area contributed by atoms with Gasteiger partial charge in [0.25, 0.3) is 0 Å². The van der Waals surface area contributed by atoms with Crippen molar-refractivity contribution < 1.29 is 4.74 Å². The molecule has 0 aromatic rings. The van der Waals surface area contributed by atoms with Gasteiger partial charge >= 0.3 is 0 Å². The van der Waals surface area contributed by atoms with Crippen LogP contribution < -0.4 is 5.32 Å². The van der Waals surface area contributed by atoms with Gasteiger partial charge < -0.3 is 10.1 Å². The van der Waals surface area contributed by atoms with Crippen LogP contribution in [0.15, 0.2) is 0 Å². The molecule has 96 valence electrons. The van der Waals surface area contributed by atoms with Crippen molar-refractivity contribution in [3.05, 3.63) is 0 Å². The number of nitrogens with zero attached hydrogens (tertiary/aromatic N) is 1. The number of nitrogens with one attached hydrogen (secondary N) is 1. The molecule has 0 amide bonds. The van der Waals surface area contributed by atoms with Crippen molar-refractivity contribution in [1.82, 2.24) is 10.2 Å². The molecule has 16 heavy (non-hydrogen) atoms. The molecule has 1 heterocycles. The quantitative estimate of drug-likeness (QED) is 0.749. The SMILES string of the molecule is CCNCC(C)C(C)N(C)C1CCOC1C. The summed E-state index contributed by atoms with van der Waals surface area (Å²) in [5.41, 5.74) is 0. The summed E-state index contributed by atoms with van der Waals surface area (Å²) >= 11 is 0. The van der Waals surface area contributed by atoms with Gasteiger partial charge in [0.1, 0.15) is 0 Å². The first-order valence-corrected chi connectivity index (χ1v) is 6.62. The van der Waals surface area contributed by atoms with Crippen LogP contribution in [0.25, 0.3) is 0 Å². The predicted octanol–water partition coefficient (Wildman–Crippen LogP) is 1.73. The zero-order valence-electron chi connectivity index (χ0n) is 11.5. The third-order valence-corrected chi connectivity index (χ3v) is 4.04. The number of ether oxygens (including phenoxy) is 1. The highest BCUT2D eigenvalue weighted by molar-refractivity contribution is 4.85. The molecule has 0 saturated carbocycles. The minimum absolute atomic E-state index is 0.388. The Morgan fingerprint density at radius 1 is 1.44 bits per heavy atom. The summed E-state index contributed by atoms with van der Waals surface area (Å²) in [7, 11) is 2.24. The Labute approximate surface area is 101 Å². The topological polar surface area (TPSA) is 24.5 Å². The van der Waals surface area contributed by atoms with Crippen LogP contribution in [0.4, 0.5) is 0 Å². The summed E-state index contributed by atoms with van der Waals surface area (Å²) in [6.07, 6.45) is 1.56. The van der Waals surface area contributed by atoms with Gasteiger partial charge in [0, 0.05) is 18.7 Å². The van der Waals surface area contributed by atoms with Crippen molar-refractivity contribution in [2.45, 2.75) is 52.3 Å². The lowest BCUT2D eigenvalue weighted by Crippen LogP contribution is -2.46. The minimum Gasteiger partial charge on any atom is -0.377 e. The zero-order valence-corrected chi connectivity index (χ0v) is 11.5. The van der Waals surface area contributed by atoms with Crippen molar-refractivity contribution >= 4 is 0 Å². The van der Waals surface area contributed by atoms with E-state index in [4.69, 9.17) is 4.74 Å². The van der Waals surface area contributed by atoms with Crippen LogP contribution in [-0.2, 0) is 4.74 Å². The number of rotatable bonds is 6. The predicted molar refractivity (Wildman–Crippen MR) is 68.8 cm³/mol. The molecule has 0 bridgehead atoms. The number of likely N-dealkylation sites (N-methyl/N-ethyl adjacent to an activating group) is 1. The molecule has 1 saturated heterocycles. The van der Waals surface area contributed by atoms with Gasteiger partial charge in [-0.2, -0.15) is 0 Å². The summed E-state index contributed by atoms with van der Waals surface area (Å²) in [5, 5.41) is 3.43. The molecule has 3 nitrogen and oxygen atoms in total. The average Bonchev–Trinajstić information content (AvgIpc) is 2.70. The summed E-state index contributed by atoms with van der Waals surface area (Å²) < 4.78 is 5.64. The van der Waals surface area contributed by atoms with E-state index in [-0.39, 0.29) is 0 Å². The fraction of sp³-hybridized carbons (Fsp3) is 1.00. The molecule has 0 aliphatic carbocycles. The Kier molecular flexibility index (Phi) is 5.73. The van der Waals surface area contributed by atoms with E-state index in [0.717, 1.165) is 19.7 Å². The van der Waals surface area contributed by atoms with Gasteiger partial charge in [-0.15, -0.1) is 0 Å². The molecular weight excluding hydrogens is 200 g/mol. The van der Waals surface area contributed by atoms with Crippen LogP contribution in [0, 0.1) is 5.92 Å². The standard InChI is InChI=1S/C13H28N2O/c1-6-14-9-10(2)11(3)15(5)13-7-8-16-12(13)4/h10-14H,6-9H2,1-5H3. The summed E-state index contributed by atoms with van der Waals surface area (Å²) in [4.78, 5) is 2.50. The normalized spacial score (nSPS) is 29.6. The Bertz CT molecular complexity index is 198. The molecule has 0 radical (unpaired) electrons. The summed E-state index contributed by atoms with van der Waals surface area (Å²) in [5.74, 6) is 0.678. The third kappa shape index (κ3) is 3.44. The van der Waals surface area contributed by atoms with E-state index < -0.39 is 0 Å². The molecule has 1 N–H and O–H groups in total. The molecule has 1 aliphatic heterocycles. The molecular formula is C13H28N2O. The second-order valence-electron chi connectivity index (χ2n) is 5.12. The van der Waals surface area contributed by atoms with Crippen LogP contribution in [0.1, 0.15) is 34.1 Å². The molecule has 1 rings (SSSR count). The summed E-state index contributed by atoms with van der Waals surface area (Å²) in [6.45, 7) is 12.1. The maximum absolute atomic E-state index is 5.64. The molecule has 0 aromatic carbocycles. The highest BCUT2D eigenvalue weighted by atomic mass is 16.5. The van der Waals surface area contributed by atoms with Crippen molar-refractivity contribution in [2.24, 2.45) is 5.92 Å². The Hall–Kier alpha value is -0.120. The van der Waals surface area contributed by atoms with E-state index in [9.17, 15) is 0 Å². The second-order valence-corrected chi connectivity index (χ2v) is 5.12. The van der Waals surface area contributed by atoms with E-state index in [1.807, 2.05) is 0 Å². The molecule has 4 atom stereocenters. The Balaban J connectivity index is 2.42. The van der Waals surface area contributed by atoms with Gasteiger partial charge in [-0.25, -0.2) is 0 Å². The molecule has 3 heteroatoms. The van der Waals surface area contributed by atoms with E-state index in [1.54, 1.807) is 0 Å². The van der Waals surface area contributed by atoms with Crippen LogP contribution >= 0.6 is 0 Å². The monoisotopic (exact) mass is 228 g/mol. The van der Waals surface area contributed by atoms with Crippen LogP contribution in [0.3, 0.4) is 0 Å². The van der Waals surface area contributed by atoms with Crippen molar-refractivity contribution in [3.8, 4) is 0 Å². The summed E-state index contributed by atoms with van der Waals surface area (Å²) in [6, 6.07) is 1.20. The first-order valence-electron chi connectivity index (χ1n) is 6.62. The van der Waals surface area contributed by atoms with Gasteiger partial charge in [0.15, 0.2) is 0 Å². The van der Waals surface area contributed by atoms with Crippen LogP contribution in [0.5, 0.6) is 0 Å². The van der Waals surface area contributed by atoms with Crippen LogP contribution in [-0.4, -0.2) is 49.8 Å². The first kappa shape index (κ1) is 13.9. The van der Waals surface area contributed by atoms with E-state index in [2.05, 4.69) is 45.0 Å².